The zero-order chi connectivity index (χ0) is 26.1. The van der Waals surface area contributed by atoms with Crippen molar-refractivity contribution in [3.63, 3.8) is 0 Å². The first kappa shape index (κ1) is 23.8. The minimum Gasteiger partial charge on any atom is -0.508 e. The van der Waals surface area contributed by atoms with Gasteiger partial charge in [-0.25, -0.2) is 0 Å². The number of fused-ring (bicyclic) bond motifs is 3. The molecule has 3 aliphatic rings. The van der Waals surface area contributed by atoms with Crippen LogP contribution < -0.4 is 5.73 Å². The summed E-state index contributed by atoms with van der Waals surface area (Å²) >= 11 is 5.98. The van der Waals surface area contributed by atoms with E-state index in [2.05, 4.69) is 0 Å². The second-order valence-electron chi connectivity index (χ2n) is 9.00. The number of hydrogen-bond acceptors (Lipinski definition) is 8. The third-order valence-corrected chi connectivity index (χ3v) is 7.35. The Morgan fingerprint density at radius 2 is 1.75 bits per heavy atom. The number of aromatic hydroxyl groups is 1. The van der Waals surface area contributed by atoms with E-state index in [4.69, 9.17) is 17.3 Å². The average molecular weight is 510 g/mol. The fourth-order valence-electron chi connectivity index (χ4n) is 5.43. The van der Waals surface area contributed by atoms with E-state index in [0.29, 0.717) is 21.7 Å². The molecule has 4 atom stereocenters. The molecule has 3 aliphatic carbocycles. The van der Waals surface area contributed by atoms with Gasteiger partial charge in [-0.3, -0.25) is 14.4 Å². The van der Waals surface area contributed by atoms with Crippen LogP contribution in [0.2, 0.25) is 5.02 Å². The summed E-state index contributed by atoms with van der Waals surface area (Å²) in [5.41, 5.74) is 2.00. The average Bonchev–Trinajstić information content (AvgIpc) is 2.82. The smallest absolute Gasteiger partial charge is 0.255 e. The van der Waals surface area contributed by atoms with E-state index in [1.54, 1.807) is 36.4 Å². The molecule has 0 aliphatic heterocycles. The van der Waals surface area contributed by atoms with E-state index in [1.165, 1.54) is 12.1 Å². The van der Waals surface area contributed by atoms with Gasteiger partial charge < -0.3 is 31.3 Å². The molecular formula is C26H20ClNO8. The second-order valence-corrected chi connectivity index (χ2v) is 9.44. The van der Waals surface area contributed by atoms with E-state index in [-0.39, 0.29) is 11.3 Å². The Morgan fingerprint density at radius 3 is 2.39 bits per heavy atom. The zero-order valence-electron chi connectivity index (χ0n) is 18.5. The first-order valence-corrected chi connectivity index (χ1v) is 11.3. The predicted molar refractivity (Wildman–Crippen MR) is 128 cm³/mol. The van der Waals surface area contributed by atoms with Crippen LogP contribution in [0.15, 0.2) is 59.4 Å². The Balaban J connectivity index is 1.81. The highest BCUT2D eigenvalue weighted by Crippen LogP contribution is 2.55. The summed E-state index contributed by atoms with van der Waals surface area (Å²) in [7, 11) is 0. The molecule has 9 nitrogen and oxygen atoms in total. The summed E-state index contributed by atoms with van der Waals surface area (Å²) < 4.78 is 0. The second kappa shape index (κ2) is 8.06. The first-order chi connectivity index (χ1) is 17.0. The Morgan fingerprint density at radius 1 is 1.08 bits per heavy atom. The molecular weight excluding hydrogens is 490 g/mol. The van der Waals surface area contributed by atoms with Crippen LogP contribution in [0.25, 0.3) is 17.4 Å². The molecule has 0 spiro atoms. The van der Waals surface area contributed by atoms with Crippen molar-refractivity contribution in [2.75, 3.05) is 0 Å². The minimum atomic E-state index is -2.90. The van der Waals surface area contributed by atoms with Crippen LogP contribution in [0.5, 0.6) is 5.75 Å². The van der Waals surface area contributed by atoms with Crippen molar-refractivity contribution in [1.29, 1.82) is 0 Å². The van der Waals surface area contributed by atoms with Gasteiger partial charge in [-0.05, 0) is 34.9 Å². The number of primary amides is 1. The maximum absolute atomic E-state index is 13.8. The molecule has 0 saturated heterocycles. The highest BCUT2D eigenvalue weighted by molar-refractivity contribution is 6.30. The van der Waals surface area contributed by atoms with Crippen LogP contribution in [0.4, 0.5) is 0 Å². The Hall–Kier alpha value is -3.92. The quantitative estimate of drug-likeness (QED) is 0.333. The van der Waals surface area contributed by atoms with Gasteiger partial charge in [0.2, 0.25) is 5.78 Å². The minimum absolute atomic E-state index is 0.114. The number of carbonyl (C=O) groups excluding carboxylic acids is 3. The molecule has 0 heterocycles. The third kappa shape index (κ3) is 3.13. The maximum atomic E-state index is 13.8. The van der Waals surface area contributed by atoms with Gasteiger partial charge in [0.05, 0.1) is 17.2 Å². The van der Waals surface area contributed by atoms with Gasteiger partial charge in [0, 0.05) is 23.3 Å². The monoisotopic (exact) mass is 509 g/mol. The first-order valence-electron chi connectivity index (χ1n) is 10.9. The van der Waals surface area contributed by atoms with Gasteiger partial charge in [-0.1, -0.05) is 41.9 Å². The SMILES string of the molecule is NC(=O)C1=C(O)C2(O)C(=O)C3=C(O)c4c(O)cccc4/C(=C\c4ccc(Cl)cc4)C3C(O)C2CC1=O. The zero-order valence-corrected chi connectivity index (χ0v) is 19.2. The molecule has 0 bridgehead atoms. The van der Waals surface area contributed by atoms with Crippen LogP contribution in [-0.4, -0.2) is 54.7 Å². The third-order valence-electron chi connectivity index (χ3n) is 7.09. The topological polar surface area (TPSA) is 178 Å². The number of rotatable bonds is 2. The predicted octanol–water partition coefficient (Wildman–Crippen LogP) is 2.05. The molecule has 1 fully saturated rings. The maximum Gasteiger partial charge on any atom is 0.255 e. The summed E-state index contributed by atoms with van der Waals surface area (Å²) in [4.78, 5) is 38.2. The van der Waals surface area contributed by atoms with E-state index in [1.807, 2.05) is 0 Å². The van der Waals surface area contributed by atoms with Crippen molar-refractivity contribution < 1.29 is 39.9 Å². The van der Waals surface area contributed by atoms with E-state index >= 15 is 0 Å². The number of halogens is 1. The molecule has 2 aromatic carbocycles. The highest BCUT2D eigenvalue weighted by Gasteiger charge is 2.64. The molecule has 1 saturated carbocycles. The number of carbonyl (C=O) groups is 3. The molecule has 4 unspecified atom stereocenters. The van der Waals surface area contributed by atoms with Crippen molar-refractivity contribution in [2.24, 2.45) is 17.6 Å². The highest BCUT2D eigenvalue weighted by atomic mass is 35.5. The lowest BCUT2D eigenvalue weighted by atomic mass is 9.56. The fraction of sp³-hybridized carbons (Fsp3) is 0.192. The number of aliphatic hydroxyl groups is 4. The van der Waals surface area contributed by atoms with Crippen LogP contribution in [0.1, 0.15) is 23.1 Å². The number of aliphatic hydroxyl groups excluding tert-OH is 3. The fourth-order valence-corrected chi connectivity index (χ4v) is 5.55. The number of hydrogen-bond donors (Lipinski definition) is 6. The summed E-state index contributed by atoms with van der Waals surface area (Å²) in [6.45, 7) is 0. The van der Waals surface area contributed by atoms with Crippen LogP contribution >= 0.6 is 11.6 Å². The number of Topliss-reactive ketones (excluding diaryl/α,β-unsaturated/α-hetero) is 2. The lowest BCUT2D eigenvalue weighted by molar-refractivity contribution is -0.157. The van der Waals surface area contributed by atoms with Crippen molar-refractivity contribution in [2.45, 2.75) is 18.1 Å². The normalized spacial score (nSPS) is 28.6. The molecule has 0 radical (unpaired) electrons. The molecule has 10 heteroatoms. The molecule has 7 N–H and O–H groups in total. The van der Waals surface area contributed by atoms with Crippen molar-refractivity contribution in [3.05, 3.63) is 81.1 Å². The van der Waals surface area contributed by atoms with Gasteiger partial charge in [-0.15, -0.1) is 0 Å². The number of phenolic OH excluding ortho intramolecular Hbond substituents is 1. The largest absolute Gasteiger partial charge is 0.508 e. The van der Waals surface area contributed by atoms with Crippen molar-refractivity contribution in [1.82, 2.24) is 0 Å². The van der Waals surface area contributed by atoms with Crippen molar-refractivity contribution >= 4 is 46.5 Å². The van der Waals surface area contributed by atoms with Gasteiger partial charge in [-0.2, -0.15) is 0 Å². The number of benzene rings is 2. The van der Waals surface area contributed by atoms with E-state index < -0.39 is 70.1 Å². The number of ketones is 2. The Labute approximate surface area is 209 Å². The van der Waals surface area contributed by atoms with Gasteiger partial charge in [0.25, 0.3) is 5.91 Å². The molecule has 36 heavy (non-hydrogen) atoms. The summed E-state index contributed by atoms with van der Waals surface area (Å²) in [6.07, 6.45) is -0.696. The van der Waals surface area contributed by atoms with Crippen molar-refractivity contribution in [3.8, 4) is 5.75 Å². The van der Waals surface area contributed by atoms with E-state index in [0.717, 1.165) is 0 Å². The molecule has 0 aromatic heterocycles. The standard InChI is InChI=1S/C26H20ClNO8/c27-11-6-4-10(5-7-11)8-13-12-2-1-3-15(29)17(12)22(32)20-18(13)21(31)14-9-16(30)19(25(28)35)23(33)26(14,36)24(20)34/h1-8,14,18,21,29,31-33,36H,9H2,(H2,28,35)/b13-8+. The summed E-state index contributed by atoms with van der Waals surface area (Å²) in [5, 5.41) is 55.7. The van der Waals surface area contributed by atoms with Gasteiger partial charge in [0.1, 0.15) is 22.8 Å². The lowest BCUT2D eigenvalue weighted by Crippen LogP contribution is -2.63. The van der Waals surface area contributed by atoms with Crippen LogP contribution in [0.3, 0.4) is 0 Å². The summed E-state index contributed by atoms with van der Waals surface area (Å²) in [6, 6.07) is 11.0. The molecule has 1 amide bonds. The van der Waals surface area contributed by atoms with Crippen LogP contribution in [0, 0.1) is 11.8 Å². The molecule has 5 rings (SSSR count). The number of phenols is 1. The van der Waals surface area contributed by atoms with Crippen LogP contribution in [-0.2, 0) is 14.4 Å². The number of nitrogens with two attached hydrogens (primary N) is 1. The lowest BCUT2D eigenvalue weighted by Gasteiger charge is -2.49. The summed E-state index contributed by atoms with van der Waals surface area (Å²) in [5.74, 6) is -8.64. The number of amides is 1. The van der Waals surface area contributed by atoms with Gasteiger partial charge in [0.15, 0.2) is 11.4 Å². The molecule has 2 aromatic rings. The van der Waals surface area contributed by atoms with Gasteiger partial charge >= 0.3 is 0 Å². The Bertz CT molecular complexity index is 1450. The van der Waals surface area contributed by atoms with E-state index in [9.17, 15) is 39.9 Å². The Kier molecular flexibility index (Phi) is 5.33. The molecule has 184 valence electrons.